The molecule has 0 aromatic heterocycles. The Balaban J connectivity index is 2.62. The first-order valence-electron chi connectivity index (χ1n) is 6.90. The zero-order valence-electron chi connectivity index (χ0n) is 12.1. The second kappa shape index (κ2) is 6.80. The Bertz CT molecular complexity index is 279. The van der Waals surface area contributed by atoms with Gasteiger partial charge >= 0.3 is 5.97 Å². The molecule has 1 unspecified atom stereocenters. The quantitative estimate of drug-likeness (QED) is 0.807. The molecule has 1 aliphatic heterocycles. The van der Waals surface area contributed by atoms with Gasteiger partial charge in [0, 0.05) is 24.3 Å². The van der Waals surface area contributed by atoms with E-state index < -0.39 is 5.97 Å². The van der Waals surface area contributed by atoms with Crippen LogP contribution in [0.15, 0.2) is 0 Å². The lowest BCUT2D eigenvalue weighted by atomic mass is 9.80. The Morgan fingerprint density at radius 1 is 1.50 bits per heavy atom. The van der Waals surface area contributed by atoms with Gasteiger partial charge in [-0.05, 0) is 44.4 Å². The smallest absolute Gasteiger partial charge is 0.303 e. The van der Waals surface area contributed by atoms with Crippen molar-refractivity contribution in [3.63, 3.8) is 0 Å². The summed E-state index contributed by atoms with van der Waals surface area (Å²) in [4.78, 5) is 13.1. The maximum absolute atomic E-state index is 10.6. The third-order valence-electron chi connectivity index (χ3n) is 3.94. The average Bonchev–Trinajstić information content (AvgIpc) is 2.24. The van der Waals surface area contributed by atoms with Crippen LogP contribution >= 0.6 is 11.8 Å². The second-order valence-corrected chi connectivity index (χ2v) is 7.31. The van der Waals surface area contributed by atoms with Crippen LogP contribution in [0.25, 0.3) is 0 Å². The molecular weight excluding hydrogens is 246 g/mol. The van der Waals surface area contributed by atoms with Crippen molar-refractivity contribution in [3.8, 4) is 0 Å². The van der Waals surface area contributed by atoms with Crippen LogP contribution in [-0.4, -0.2) is 46.1 Å². The molecule has 1 N–H and O–H groups in total. The number of carboxylic acid groups (broad SMARTS) is 1. The van der Waals surface area contributed by atoms with Gasteiger partial charge in [-0.25, -0.2) is 0 Å². The normalized spacial score (nSPS) is 23.6. The standard InChI is InChI=1S/C14H27NO2S/c1-11(2)15(8-5-6-13(16)17)12-10-18-9-7-14(12,3)4/h11-12H,5-10H2,1-4H3,(H,16,17). The van der Waals surface area contributed by atoms with Gasteiger partial charge in [0.1, 0.15) is 0 Å². The van der Waals surface area contributed by atoms with Crippen molar-refractivity contribution in [1.29, 1.82) is 0 Å². The Hall–Kier alpha value is -0.220. The topological polar surface area (TPSA) is 40.5 Å². The Morgan fingerprint density at radius 3 is 2.67 bits per heavy atom. The largest absolute Gasteiger partial charge is 0.481 e. The lowest BCUT2D eigenvalue weighted by Gasteiger charge is -2.47. The first-order valence-corrected chi connectivity index (χ1v) is 8.05. The summed E-state index contributed by atoms with van der Waals surface area (Å²) in [6, 6.07) is 1.06. The number of hydrogen-bond donors (Lipinski definition) is 1. The monoisotopic (exact) mass is 273 g/mol. The van der Waals surface area contributed by atoms with Crippen molar-refractivity contribution in [3.05, 3.63) is 0 Å². The number of carboxylic acids is 1. The molecule has 1 aliphatic rings. The fourth-order valence-electron chi connectivity index (χ4n) is 2.65. The van der Waals surface area contributed by atoms with Gasteiger partial charge < -0.3 is 5.11 Å². The van der Waals surface area contributed by atoms with Gasteiger partial charge in [-0.2, -0.15) is 11.8 Å². The highest BCUT2D eigenvalue weighted by Crippen LogP contribution is 2.38. The minimum Gasteiger partial charge on any atom is -0.481 e. The van der Waals surface area contributed by atoms with E-state index in [1.54, 1.807) is 0 Å². The number of aliphatic carboxylic acids is 1. The Morgan fingerprint density at radius 2 is 2.17 bits per heavy atom. The molecule has 106 valence electrons. The molecule has 0 amide bonds. The van der Waals surface area contributed by atoms with E-state index in [0.717, 1.165) is 13.0 Å². The number of thioether (sulfide) groups is 1. The lowest BCUT2D eigenvalue weighted by molar-refractivity contribution is -0.137. The highest BCUT2D eigenvalue weighted by Gasteiger charge is 2.37. The second-order valence-electron chi connectivity index (χ2n) is 6.16. The van der Waals surface area contributed by atoms with Crippen molar-refractivity contribution in [2.24, 2.45) is 5.41 Å². The average molecular weight is 273 g/mol. The number of nitrogens with zero attached hydrogens (tertiary/aromatic N) is 1. The summed E-state index contributed by atoms with van der Waals surface area (Å²) < 4.78 is 0. The van der Waals surface area contributed by atoms with Crippen LogP contribution in [0.2, 0.25) is 0 Å². The summed E-state index contributed by atoms with van der Waals surface area (Å²) in [7, 11) is 0. The summed E-state index contributed by atoms with van der Waals surface area (Å²) in [6.07, 6.45) is 2.29. The van der Waals surface area contributed by atoms with Crippen LogP contribution in [0.1, 0.15) is 47.0 Å². The molecule has 0 saturated carbocycles. The van der Waals surface area contributed by atoms with Crippen LogP contribution in [0, 0.1) is 5.41 Å². The predicted octanol–water partition coefficient (Wildman–Crippen LogP) is 3.09. The summed E-state index contributed by atoms with van der Waals surface area (Å²) in [6.45, 7) is 10.0. The molecule has 18 heavy (non-hydrogen) atoms. The fourth-order valence-corrected chi connectivity index (χ4v) is 4.36. The number of rotatable bonds is 6. The summed E-state index contributed by atoms with van der Waals surface area (Å²) in [5.41, 5.74) is 0.346. The first-order chi connectivity index (χ1) is 8.34. The number of hydrogen-bond acceptors (Lipinski definition) is 3. The molecule has 0 spiro atoms. The summed E-state index contributed by atoms with van der Waals surface area (Å²) >= 11 is 2.03. The number of carbonyl (C=O) groups is 1. The van der Waals surface area contributed by atoms with Gasteiger partial charge in [0.2, 0.25) is 0 Å². The van der Waals surface area contributed by atoms with Crippen LogP contribution in [-0.2, 0) is 4.79 Å². The molecule has 0 aromatic rings. The van der Waals surface area contributed by atoms with E-state index in [9.17, 15) is 4.79 Å². The Labute approximate surface area is 115 Å². The van der Waals surface area contributed by atoms with E-state index in [1.807, 2.05) is 11.8 Å². The van der Waals surface area contributed by atoms with Crippen molar-refractivity contribution in [2.75, 3.05) is 18.1 Å². The van der Waals surface area contributed by atoms with Crippen molar-refractivity contribution >= 4 is 17.7 Å². The molecule has 1 atom stereocenters. The van der Waals surface area contributed by atoms with E-state index in [2.05, 4.69) is 32.6 Å². The van der Waals surface area contributed by atoms with E-state index in [1.165, 1.54) is 17.9 Å². The molecule has 0 aromatic carbocycles. The third kappa shape index (κ3) is 4.47. The maximum Gasteiger partial charge on any atom is 0.303 e. The molecule has 3 nitrogen and oxygen atoms in total. The highest BCUT2D eigenvalue weighted by molar-refractivity contribution is 7.99. The Kier molecular flexibility index (Phi) is 5.99. The van der Waals surface area contributed by atoms with Crippen LogP contribution in [0.5, 0.6) is 0 Å². The van der Waals surface area contributed by atoms with Gasteiger partial charge in [0.05, 0.1) is 0 Å². The minimum absolute atomic E-state index is 0.281. The van der Waals surface area contributed by atoms with Gasteiger partial charge in [0.15, 0.2) is 0 Å². The minimum atomic E-state index is -0.684. The van der Waals surface area contributed by atoms with Crippen LogP contribution in [0.3, 0.4) is 0 Å². The van der Waals surface area contributed by atoms with Gasteiger partial charge in [0.25, 0.3) is 0 Å². The van der Waals surface area contributed by atoms with E-state index in [-0.39, 0.29) is 6.42 Å². The molecule has 1 heterocycles. The van der Waals surface area contributed by atoms with Crippen LogP contribution < -0.4 is 0 Å². The summed E-state index contributed by atoms with van der Waals surface area (Å²) in [5, 5.41) is 8.76. The molecule has 0 aliphatic carbocycles. The molecule has 0 radical (unpaired) electrons. The zero-order valence-corrected chi connectivity index (χ0v) is 12.9. The van der Waals surface area contributed by atoms with E-state index in [4.69, 9.17) is 5.11 Å². The maximum atomic E-state index is 10.6. The molecule has 1 fully saturated rings. The summed E-state index contributed by atoms with van der Waals surface area (Å²) in [5.74, 6) is 1.75. The van der Waals surface area contributed by atoms with E-state index >= 15 is 0 Å². The van der Waals surface area contributed by atoms with Crippen molar-refractivity contribution in [2.45, 2.75) is 59.0 Å². The first kappa shape index (κ1) is 15.8. The zero-order chi connectivity index (χ0) is 13.8. The van der Waals surface area contributed by atoms with Gasteiger partial charge in [-0.15, -0.1) is 0 Å². The lowest BCUT2D eigenvalue weighted by Crippen LogP contribution is -2.52. The highest BCUT2D eigenvalue weighted by atomic mass is 32.2. The van der Waals surface area contributed by atoms with E-state index in [0.29, 0.717) is 17.5 Å². The van der Waals surface area contributed by atoms with Gasteiger partial charge in [-0.3, -0.25) is 9.69 Å². The molecular formula is C14H27NO2S. The van der Waals surface area contributed by atoms with Crippen molar-refractivity contribution < 1.29 is 9.90 Å². The van der Waals surface area contributed by atoms with Crippen LogP contribution in [0.4, 0.5) is 0 Å². The molecule has 4 heteroatoms. The van der Waals surface area contributed by atoms with Gasteiger partial charge in [-0.1, -0.05) is 13.8 Å². The SMILES string of the molecule is CC(C)N(CCCC(=O)O)C1CSCCC1(C)C. The molecule has 1 rings (SSSR count). The van der Waals surface area contributed by atoms with Crippen molar-refractivity contribution in [1.82, 2.24) is 4.90 Å². The molecule has 1 saturated heterocycles. The molecule has 0 bridgehead atoms. The fraction of sp³-hybridized carbons (Fsp3) is 0.929. The third-order valence-corrected chi connectivity index (χ3v) is 4.98. The predicted molar refractivity (Wildman–Crippen MR) is 78.2 cm³/mol.